The summed E-state index contributed by atoms with van der Waals surface area (Å²) in [4.78, 5) is 9.33. The molecule has 1 heterocycles. The number of oxime groups is 1. The Morgan fingerprint density at radius 2 is 2.26 bits per heavy atom. The van der Waals surface area contributed by atoms with Gasteiger partial charge in [-0.3, -0.25) is 4.98 Å². The molecule has 0 amide bonds. The maximum absolute atomic E-state index is 11.5. The molecule has 0 aliphatic heterocycles. The zero-order valence-electron chi connectivity index (χ0n) is 10.9. The summed E-state index contributed by atoms with van der Waals surface area (Å²) >= 11 is 0. The zero-order valence-corrected chi connectivity index (χ0v) is 11.8. The average molecular weight is 282 g/mol. The van der Waals surface area contributed by atoms with Gasteiger partial charge in [-0.1, -0.05) is 11.2 Å². The molecule has 1 aliphatic carbocycles. The van der Waals surface area contributed by atoms with E-state index >= 15 is 0 Å². The second kappa shape index (κ2) is 6.14. The predicted molar refractivity (Wildman–Crippen MR) is 73.5 cm³/mol. The minimum atomic E-state index is -3.23. The number of hydrogen-bond acceptors (Lipinski definition) is 5. The largest absolute Gasteiger partial charge is 0.395 e. The minimum Gasteiger partial charge on any atom is -0.395 e. The molecule has 2 rings (SSSR count). The first kappa shape index (κ1) is 14.0. The lowest BCUT2D eigenvalue weighted by Gasteiger charge is -2.03. The molecule has 1 aliphatic rings. The van der Waals surface area contributed by atoms with E-state index in [1.807, 2.05) is 18.2 Å². The fourth-order valence-electron chi connectivity index (χ4n) is 1.75. The molecule has 0 aromatic carbocycles. The highest BCUT2D eigenvalue weighted by Crippen LogP contribution is 2.32. The second-order valence-corrected chi connectivity index (χ2v) is 6.70. The van der Waals surface area contributed by atoms with E-state index in [4.69, 9.17) is 4.84 Å². The van der Waals surface area contributed by atoms with Crippen molar-refractivity contribution in [2.24, 2.45) is 11.1 Å². The van der Waals surface area contributed by atoms with Gasteiger partial charge in [0.2, 0.25) is 0 Å². The van der Waals surface area contributed by atoms with Gasteiger partial charge in [-0.05, 0) is 37.8 Å². The van der Waals surface area contributed by atoms with Crippen molar-refractivity contribution in [2.45, 2.75) is 25.7 Å². The third kappa shape index (κ3) is 4.63. The van der Waals surface area contributed by atoms with E-state index in [2.05, 4.69) is 10.1 Å². The SMILES string of the molecule is CS(=O)(=O)C(=NOCCCc1ccccn1)C1CC1. The summed E-state index contributed by atoms with van der Waals surface area (Å²) in [7, 11) is -3.23. The first-order chi connectivity index (χ1) is 9.07. The second-order valence-electron chi connectivity index (χ2n) is 4.73. The molecule has 0 bridgehead atoms. The molecule has 1 saturated carbocycles. The molecule has 0 N–H and O–H groups in total. The average Bonchev–Trinajstić information content (AvgIpc) is 3.17. The van der Waals surface area contributed by atoms with Crippen LogP contribution in [0.1, 0.15) is 25.0 Å². The predicted octanol–water partition coefficient (Wildman–Crippen LogP) is 1.80. The van der Waals surface area contributed by atoms with E-state index in [0.29, 0.717) is 6.61 Å². The Balaban J connectivity index is 1.76. The van der Waals surface area contributed by atoms with Crippen molar-refractivity contribution in [3.63, 3.8) is 0 Å². The molecular weight excluding hydrogens is 264 g/mol. The topological polar surface area (TPSA) is 68.6 Å². The molecule has 0 spiro atoms. The highest BCUT2D eigenvalue weighted by atomic mass is 32.2. The molecule has 0 radical (unpaired) electrons. The monoisotopic (exact) mass is 282 g/mol. The molecule has 0 unspecified atom stereocenters. The molecule has 0 atom stereocenters. The Morgan fingerprint density at radius 1 is 1.47 bits per heavy atom. The smallest absolute Gasteiger partial charge is 0.192 e. The van der Waals surface area contributed by atoms with Crippen LogP contribution in [0.15, 0.2) is 29.6 Å². The van der Waals surface area contributed by atoms with Crippen LogP contribution in [0.4, 0.5) is 0 Å². The van der Waals surface area contributed by atoms with E-state index in [1.165, 1.54) is 6.26 Å². The van der Waals surface area contributed by atoms with Crippen molar-refractivity contribution >= 4 is 14.9 Å². The third-order valence-corrected chi connectivity index (χ3v) is 4.02. The molecule has 6 heteroatoms. The summed E-state index contributed by atoms with van der Waals surface area (Å²) in [5.74, 6) is 0.0748. The van der Waals surface area contributed by atoms with Crippen LogP contribution in [0.25, 0.3) is 0 Å². The first-order valence-corrected chi connectivity index (χ1v) is 8.26. The van der Waals surface area contributed by atoms with Crippen molar-refractivity contribution in [1.29, 1.82) is 0 Å². The maximum atomic E-state index is 11.5. The van der Waals surface area contributed by atoms with Crippen LogP contribution in [0.5, 0.6) is 0 Å². The number of pyridine rings is 1. The fraction of sp³-hybridized carbons (Fsp3) is 0.538. The van der Waals surface area contributed by atoms with Gasteiger partial charge in [-0.15, -0.1) is 0 Å². The van der Waals surface area contributed by atoms with Gasteiger partial charge in [0.15, 0.2) is 14.9 Å². The van der Waals surface area contributed by atoms with E-state index < -0.39 is 9.84 Å². The Kier molecular flexibility index (Phi) is 4.52. The summed E-state index contributed by atoms with van der Waals surface area (Å²) in [5.41, 5.74) is 1.00. The molecule has 19 heavy (non-hydrogen) atoms. The lowest BCUT2D eigenvalue weighted by Crippen LogP contribution is -2.15. The van der Waals surface area contributed by atoms with E-state index in [1.54, 1.807) is 6.20 Å². The highest BCUT2D eigenvalue weighted by Gasteiger charge is 2.34. The van der Waals surface area contributed by atoms with Crippen LogP contribution in [0, 0.1) is 5.92 Å². The molecule has 0 saturated heterocycles. The lowest BCUT2D eigenvalue weighted by molar-refractivity contribution is 0.141. The zero-order chi connectivity index (χ0) is 13.7. The molecule has 104 valence electrons. The molecular formula is C13H18N2O3S. The van der Waals surface area contributed by atoms with Crippen molar-refractivity contribution < 1.29 is 13.3 Å². The van der Waals surface area contributed by atoms with E-state index in [-0.39, 0.29) is 11.0 Å². The summed E-state index contributed by atoms with van der Waals surface area (Å²) in [6.45, 7) is 0.405. The Bertz CT molecular complexity index is 536. The summed E-state index contributed by atoms with van der Waals surface area (Å²) in [6.07, 6.45) is 6.28. The summed E-state index contributed by atoms with van der Waals surface area (Å²) < 4.78 is 23.0. The number of aromatic nitrogens is 1. The van der Waals surface area contributed by atoms with Crippen molar-refractivity contribution in [1.82, 2.24) is 4.98 Å². The van der Waals surface area contributed by atoms with Crippen molar-refractivity contribution in [3.8, 4) is 0 Å². The van der Waals surface area contributed by atoms with Crippen LogP contribution < -0.4 is 0 Å². The van der Waals surface area contributed by atoms with Crippen molar-refractivity contribution in [3.05, 3.63) is 30.1 Å². The van der Waals surface area contributed by atoms with E-state index in [0.717, 1.165) is 31.4 Å². The Morgan fingerprint density at radius 3 is 2.84 bits per heavy atom. The first-order valence-electron chi connectivity index (χ1n) is 6.37. The number of hydrogen-bond donors (Lipinski definition) is 0. The third-order valence-electron chi connectivity index (χ3n) is 2.86. The number of nitrogens with zero attached hydrogens (tertiary/aromatic N) is 2. The Labute approximate surface area is 113 Å². The van der Waals surface area contributed by atoms with Gasteiger partial charge in [0.25, 0.3) is 0 Å². The van der Waals surface area contributed by atoms with Crippen molar-refractivity contribution in [2.75, 3.05) is 12.9 Å². The molecule has 5 nitrogen and oxygen atoms in total. The van der Waals surface area contributed by atoms with Gasteiger partial charge < -0.3 is 4.84 Å². The van der Waals surface area contributed by atoms with Crippen LogP contribution in [-0.4, -0.2) is 31.3 Å². The summed E-state index contributed by atoms with van der Waals surface area (Å²) in [6, 6.07) is 5.77. The van der Waals surface area contributed by atoms with Gasteiger partial charge >= 0.3 is 0 Å². The molecule has 1 fully saturated rings. The summed E-state index contributed by atoms with van der Waals surface area (Å²) in [5, 5.41) is 4.00. The van der Waals surface area contributed by atoms with Gasteiger partial charge in [0.05, 0.1) is 0 Å². The quantitative estimate of drug-likeness (QED) is 0.345. The van der Waals surface area contributed by atoms with E-state index in [9.17, 15) is 8.42 Å². The maximum Gasteiger partial charge on any atom is 0.192 e. The minimum absolute atomic E-state index is 0.0748. The van der Waals surface area contributed by atoms with Crippen LogP contribution >= 0.6 is 0 Å². The normalized spacial score (nSPS) is 16.4. The van der Waals surface area contributed by atoms with Crippen LogP contribution in [0.3, 0.4) is 0 Å². The van der Waals surface area contributed by atoms with Gasteiger partial charge in [0.1, 0.15) is 6.61 Å². The standard InChI is InChI=1S/C13H18N2O3S/c1-19(16,17)13(11-7-8-11)15-18-10-4-6-12-5-2-3-9-14-12/h2-3,5,9,11H,4,6-8,10H2,1H3. The van der Waals surface area contributed by atoms with Gasteiger partial charge in [-0.2, -0.15) is 0 Å². The van der Waals surface area contributed by atoms with Gasteiger partial charge in [0, 0.05) is 24.1 Å². The van der Waals surface area contributed by atoms with Crippen LogP contribution in [0.2, 0.25) is 0 Å². The number of rotatable bonds is 6. The highest BCUT2D eigenvalue weighted by molar-refractivity contribution is 8.05. The molecule has 1 aromatic heterocycles. The van der Waals surface area contributed by atoms with Gasteiger partial charge in [-0.25, -0.2) is 8.42 Å². The Hall–Kier alpha value is -1.43. The molecule has 1 aromatic rings. The lowest BCUT2D eigenvalue weighted by atomic mass is 10.2. The fourth-order valence-corrected chi connectivity index (χ4v) is 2.78. The number of aryl methyl sites for hydroxylation is 1. The number of sulfone groups is 1. The van der Waals surface area contributed by atoms with Crippen LogP contribution in [-0.2, 0) is 21.1 Å².